The summed E-state index contributed by atoms with van der Waals surface area (Å²) in [6.07, 6.45) is -0.0583. The van der Waals surface area contributed by atoms with E-state index in [1.54, 1.807) is 18.2 Å². The highest BCUT2D eigenvalue weighted by Crippen LogP contribution is 2.35. The molecule has 2 aromatic carbocycles. The smallest absolute Gasteiger partial charge is 0.253 e. The van der Waals surface area contributed by atoms with Gasteiger partial charge in [0.15, 0.2) is 5.11 Å². The van der Waals surface area contributed by atoms with E-state index in [4.69, 9.17) is 47.0 Å². The van der Waals surface area contributed by atoms with Gasteiger partial charge in [0.1, 0.15) is 6.17 Å². The first-order chi connectivity index (χ1) is 16.7. The summed E-state index contributed by atoms with van der Waals surface area (Å²) in [7, 11) is 0. The van der Waals surface area contributed by atoms with Crippen molar-refractivity contribution in [1.29, 1.82) is 0 Å². The number of aromatic nitrogens is 1. The maximum absolute atomic E-state index is 13.2. The predicted molar refractivity (Wildman–Crippen MR) is 144 cm³/mol. The first-order valence-electron chi connectivity index (χ1n) is 11.3. The Bertz CT molecular complexity index is 1350. The van der Waals surface area contributed by atoms with E-state index >= 15 is 0 Å². The summed E-state index contributed by atoms with van der Waals surface area (Å²) in [6.45, 7) is 1.96. The fourth-order valence-electron chi connectivity index (χ4n) is 5.11. The van der Waals surface area contributed by atoms with Crippen molar-refractivity contribution in [2.45, 2.75) is 28.8 Å². The number of hydrogen-bond donors (Lipinski definition) is 2. The summed E-state index contributed by atoms with van der Waals surface area (Å²) >= 11 is 24.4. The number of nitrogens with zero attached hydrogens (tertiary/aromatic N) is 2. The number of thiocarbonyl (C=S) groups is 1. The minimum Gasteiger partial charge on any atom is -0.348 e. The lowest BCUT2D eigenvalue weighted by Gasteiger charge is -2.44. The number of pyridine rings is 1. The van der Waals surface area contributed by atoms with E-state index in [1.165, 1.54) is 0 Å². The van der Waals surface area contributed by atoms with E-state index in [0.29, 0.717) is 30.3 Å². The van der Waals surface area contributed by atoms with E-state index in [1.807, 2.05) is 51.9 Å². The zero-order chi connectivity index (χ0) is 24.7. The van der Waals surface area contributed by atoms with Crippen molar-refractivity contribution in [2.24, 2.45) is 5.92 Å². The SMILES string of the molecule is O=C(NC(NC(=S)N1C[C@@H]2C[C@@H](C1)c1cccc(=O)n1C2)C(Cl)(Cl)Cl)c1cccc2ccccc12. The van der Waals surface area contributed by atoms with Crippen LogP contribution < -0.4 is 16.2 Å². The van der Waals surface area contributed by atoms with Gasteiger partial charge >= 0.3 is 0 Å². The van der Waals surface area contributed by atoms with Gasteiger partial charge < -0.3 is 20.1 Å². The quantitative estimate of drug-likeness (QED) is 0.288. The van der Waals surface area contributed by atoms with Gasteiger partial charge in [-0.2, -0.15) is 0 Å². The minimum atomic E-state index is -1.85. The predicted octanol–water partition coefficient (Wildman–Crippen LogP) is 4.42. The number of halogens is 3. The van der Waals surface area contributed by atoms with Gasteiger partial charge in [0, 0.05) is 42.9 Å². The van der Waals surface area contributed by atoms with Crippen molar-refractivity contribution >= 4 is 68.8 Å². The van der Waals surface area contributed by atoms with Crippen LogP contribution in [0.25, 0.3) is 10.8 Å². The highest BCUT2D eigenvalue weighted by atomic mass is 35.6. The van der Waals surface area contributed by atoms with Crippen LogP contribution in [0.5, 0.6) is 0 Å². The van der Waals surface area contributed by atoms with Gasteiger partial charge in [0.05, 0.1) is 0 Å². The Balaban J connectivity index is 1.33. The van der Waals surface area contributed by atoms with Crippen LogP contribution in [0.1, 0.15) is 28.4 Å². The molecule has 1 amide bonds. The summed E-state index contributed by atoms with van der Waals surface area (Å²) in [5.74, 6) is 0.0717. The Labute approximate surface area is 223 Å². The molecular formula is C25H23Cl3N4O2S. The Kier molecular flexibility index (Phi) is 6.70. The average molecular weight is 550 g/mol. The number of hydrogen-bond acceptors (Lipinski definition) is 3. The second-order valence-electron chi connectivity index (χ2n) is 9.03. The maximum atomic E-state index is 13.2. The maximum Gasteiger partial charge on any atom is 0.253 e. The first-order valence-corrected chi connectivity index (χ1v) is 12.9. The highest BCUT2D eigenvalue weighted by Gasteiger charge is 2.39. The van der Waals surface area contributed by atoms with Gasteiger partial charge in [-0.25, -0.2) is 0 Å². The van der Waals surface area contributed by atoms with E-state index in [9.17, 15) is 9.59 Å². The van der Waals surface area contributed by atoms with Crippen LogP contribution in [-0.4, -0.2) is 43.5 Å². The molecule has 2 aliphatic heterocycles. The Hall–Kier alpha value is -2.32. The van der Waals surface area contributed by atoms with E-state index in [-0.39, 0.29) is 23.3 Å². The second-order valence-corrected chi connectivity index (χ2v) is 11.8. The monoisotopic (exact) mass is 548 g/mol. The molecule has 6 nitrogen and oxygen atoms in total. The van der Waals surface area contributed by atoms with Crippen LogP contribution in [-0.2, 0) is 6.54 Å². The molecule has 10 heteroatoms. The molecule has 0 aliphatic carbocycles. The Morgan fingerprint density at radius 2 is 1.71 bits per heavy atom. The van der Waals surface area contributed by atoms with E-state index in [2.05, 4.69) is 10.6 Å². The Morgan fingerprint density at radius 1 is 0.971 bits per heavy atom. The molecular weight excluding hydrogens is 527 g/mol. The molecule has 1 saturated heterocycles. The van der Waals surface area contributed by atoms with Crippen molar-refractivity contribution in [3.63, 3.8) is 0 Å². The second kappa shape index (κ2) is 9.62. The van der Waals surface area contributed by atoms with Gasteiger partial charge in [-0.15, -0.1) is 0 Å². The van der Waals surface area contributed by atoms with E-state index in [0.717, 1.165) is 22.9 Å². The van der Waals surface area contributed by atoms with Gasteiger partial charge in [0.25, 0.3) is 11.5 Å². The first kappa shape index (κ1) is 24.4. The molecule has 1 fully saturated rings. The zero-order valence-corrected chi connectivity index (χ0v) is 21.7. The fourth-order valence-corrected chi connectivity index (χ4v) is 5.70. The van der Waals surface area contributed by atoms with Gasteiger partial charge in [-0.3, -0.25) is 9.59 Å². The topological polar surface area (TPSA) is 66.4 Å². The molecule has 182 valence electrons. The van der Waals surface area contributed by atoms with Crippen LogP contribution >= 0.6 is 47.0 Å². The average Bonchev–Trinajstić information content (AvgIpc) is 2.83. The van der Waals surface area contributed by atoms with Gasteiger partial charge in [0.2, 0.25) is 3.79 Å². The van der Waals surface area contributed by atoms with Crippen LogP contribution in [0.15, 0.2) is 65.5 Å². The van der Waals surface area contributed by atoms with Gasteiger partial charge in [-0.1, -0.05) is 77.3 Å². The molecule has 0 saturated carbocycles. The minimum absolute atomic E-state index is 0.0266. The number of carbonyl (C=O) groups is 1. The highest BCUT2D eigenvalue weighted by molar-refractivity contribution is 7.80. The van der Waals surface area contributed by atoms with Crippen LogP contribution in [0.2, 0.25) is 0 Å². The van der Waals surface area contributed by atoms with E-state index < -0.39 is 9.96 Å². The molecule has 0 spiro atoms. The lowest BCUT2D eigenvalue weighted by molar-refractivity contribution is 0.0934. The summed E-state index contributed by atoms with van der Waals surface area (Å²) in [5, 5.41) is 7.99. The van der Waals surface area contributed by atoms with Crippen molar-refractivity contribution in [2.75, 3.05) is 13.1 Å². The largest absolute Gasteiger partial charge is 0.348 e. The number of fused-ring (bicyclic) bond motifs is 5. The van der Waals surface area contributed by atoms with Crippen molar-refractivity contribution in [3.05, 3.63) is 82.3 Å². The number of alkyl halides is 3. The fraction of sp³-hybridized carbons (Fsp3) is 0.320. The molecule has 3 aromatic rings. The third-order valence-corrected chi connectivity index (χ3v) is 7.70. The lowest BCUT2D eigenvalue weighted by atomic mass is 9.83. The molecule has 0 radical (unpaired) electrons. The number of nitrogens with one attached hydrogen (secondary N) is 2. The number of piperidine rings is 1. The standard InChI is InChI=1S/C25H23Cl3N4O2S/c26-25(27,28)23(29-22(34)19-8-3-6-16-5-1-2-7-18(16)19)30-24(35)31-12-15-11-17(14-31)20-9-4-10-21(33)32(20)13-15/h1-10,15,17,23H,11-14H2,(H,29,34)(H,30,35)/t15-,17-,23?/m0/s1. The Morgan fingerprint density at radius 3 is 2.51 bits per heavy atom. The molecule has 2 bridgehead atoms. The number of carbonyl (C=O) groups excluding carboxylic acids is 1. The molecule has 35 heavy (non-hydrogen) atoms. The van der Waals surface area contributed by atoms with Crippen LogP contribution in [0.4, 0.5) is 0 Å². The molecule has 3 atom stereocenters. The number of rotatable bonds is 3. The summed E-state index contributed by atoms with van der Waals surface area (Å²) < 4.78 is 0.0110. The summed E-state index contributed by atoms with van der Waals surface area (Å²) in [6, 6.07) is 18.5. The van der Waals surface area contributed by atoms with Crippen LogP contribution in [0.3, 0.4) is 0 Å². The van der Waals surface area contributed by atoms with Crippen LogP contribution in [0, 0.1) is 5.92 Å². The molecule has 2 aliphatic rings. The third-order valence-electron chi connectivity index (χ3n) is 6.67. The third kappa shape index (κ3) is 5.00. The molecule has 3 heterocycles. The lowest BCUT2D eigenvalue weighted by Crippen LogP contribution is -2.60. The summed E-state index contributed by atoms with van der Waals surface area (Å²) in [5.41, 5.74) is 1.52. The number of amides is 1. The van der Waals surface area contributed by atoms with Crippen molar-refractivity contribution in [3.8, 4) is 0 Å². The molecule has 1 aromatic heterocycles. The molecule has 2 N–H and O–H groups in total. The normalized spacial score (nSPS) is 20.1. The number of benzene rings is 2. The number of likely N-dealkylation sites (tertiary alicyclic amines) is 1. The zero-order valence-electron chi connectivity index (χ0n) is 18.6. The molecule has 1 unspecified atom stereocenters. The molecule has 5 rings (SSSR count). The van der Waals surface area contributed by atoms with Crippen molar-refractivity contribution in [1.82, 2.24) is 20.1 Å². The summed E-state index contributed by atoms with van der Waals surface area (Å²) in [4.78, 5) is 27.5. The van der Waals surface area contributed by atoms with Gasteiger partial charge in [-0.05, 0) is 47.5 Å². The van der Waals surface area contributed by atoms with Crippen molar-refractivity contribution < 1.29 is 4.79 Å².